The van der Waals surface area contributed by atoms with Crippen molar-refractivity contribution in [3.63, 3.8) is 0 Å². The third-order valence-electron chi connectivity index (χ3n) is 3.29. The van der Waals surface area contributed by atoms with Crippen molar-refractivity contribution >= 4 is 27.2 Å². The summed E-state index contributed by atoms with van der Waals surface area (Å²) in [6.07, 6.45) is 0.577. The zero-order chi connectivity index (χ0) is 14.0. The average Bonchev–Trinajstić information content (AvgIpc) is 2.70. The summed E-state index contributed by atoms with van der Waals surface area (Å²) in [5.41, 5.74) is 0.698. The molecule has 1 aromatic rings. The van der Waals surface area contributed by atoms with Crippen molar-refractivity contribution in [3.05, 3.63) is 28.8 Å². The molecule has 0 spiro atoms. The second-order valence-electron chi connectivity index (χ2n) is 4.70. The predicted octanol–water partition coefficient (Wildman–Crippen LogP) is 1.89. The third kappa shape index (κ3) is 3.48. The molecule has 0 N–H and O–H groups in total. The number of carbonyl (C=O) groups is 1. The molecule has 1 heterocycles. The van der Waals surface area contributed by atoms with Gasteiger partial charge in [0.25, 0.3) is 0 Å². The van der Waals surface area contributed by atoms with Gasteiger partial charge < -0.3 is 4.74 Å². The van der Waals surface area contributed by atoms with E-state index in [0.717, 1.165) is 0 Å². The fourth-order valence-corrected chi connectivity index (χ4v) is 4.24. The second-order valence-corrected chi connectivity index (χ2v) is 7.36. The molecule has 0 radical (unpaired) electrons. The number of rotatable bonds is 4. The topological polar surface area (TPSA) is 60.4 Å². The first-order chi connectivity index (χ1) is 8.91. The lowest BCUT2D eigenvalue weighted by atomic mass is 9.97. The lowest BCUT2D eigenvalue weighted by molar-refractivity contribution is -0.121. The molecule has 1 saturated heterocycles. The molecule has 1 aliphatic heterocycles. The number of Topliss-reactive ketones (excluding diaryl/α,β-unsaturated/α-hetero) is 1. The zero-order valence-electron chi connectivity index (χ0n) is 10.6. The Balaban J connectivity index is 2.13. The Kier molecular flexibility index (Phi) is 4.16. The van der Waals surface area contributed by atoms with Crippen molar-refractivity contribution in [2.45, 2.75) is 12.8 Å². The van der Waals surface area contributed by atoms with E-state index in [9.17, 15) is 13.2 Å². The van der Waals surface area contributed by atoms with E-state index in [1.165, 1.54) is 7.11 Å². The van der Waals surface area contributed by atoms with E-state index in [1.54, 1.807) is 18.2 Å². The zero-order valence-corrected chi connectivity index (χ0v) is 12.1. The van der Waals surface area contributed by atoms with Crippen LogP contribution >= 0.6 is 11.6 Å². The van der Waals surface area contributed by atoms with E-state index in [4.69, 9.17) is 16.3 Å². The Bertz CT molecular complexity index is 595. The molecule has 1 aliphatic rings. The molecule has 0 aliphatic carbocycles. The molecule has 1 aromatic carbocycles. The maximum atomic E-state index is 12.1. The van der Waals surface area contributed by atoms with Crippen molar-refractivity contribution in [2.24, 2.45) is 5.92 Å². The van der Waals surface area contributed by atoms with Gasteiger partial charge in [-0.25, -0.2) is 8.42 Å². The lowest BCUT2D eigenvalue weighted by Crippen LogP contribution is -2.18. The van der Waals surface area contributed by atoms with Crippen LogP contribution in [-0.2, 0) is 21.1 Å². The van der Waals surface area contributed by atoms with Gasteiger partial charge in [-0.2, -0.15) is 0 Å². The van der Waals surface area contributed by atoms with E-state index in [-0.39, 0.29) is 23.7 Å². The minimum absolute atomic E-state index is 0.0330. The Morgan fingerprint density at radius 1 is 1.47 bits per heavy atom. The van der Waals surface area contributed by atoms with Gasteiger partial charge in [0.1, 0.15) is 11.5 Å². The normalized spacial score (nSPS) is 21.3. The van der Waals surface area contributed by atoms with Crippen molar-refractivity contribution < 1.29 is 17.9 Å². The first-order valence-electron chi connectivity index (χ1n) is 5.97. The number of hydrogen-bond acceptors (Lipinski definition) is 4. The van der Waals surface area contributed by atoms with Crippen LogP contribution < -0.4 is 4.74 Å². The summed E-state index contributed by atoms with van der Waals surface area (Å²) in [6.45, 7) is 0. The van der Waals surface area contributed by atoms with Crippen LogP contribution in [0.4, 0.5) is 0 Å². The number of ketones is 1. The van der Waals surface area contributed by atoms with Crippen molar-refractivity contribution in [3.8, 4) is 5.75 Å². The Morgan fingerprint density at radius 2 is 2.21 bits per heavy atom. The molecule has 4 nitrogen and oxygen atoms in total. The third-order valence-corrected chi connectivity index (χ3v) is 5.30. The van der Waals surface area contributed by atoms with E-state index < -0.39 is 15.8 Å². The molecule has 0 aromatic heterocycles. The smallest absolute Gasteiger partial charge is 0.151 e. The van der Waals surface area contributed by atoms with E-state index >= 15 is 0 Å². The van der Waals surface area contributed by atoms with Gasteiger partial charge in [-0.3, -0.25) is 4.79 Å². The molecule has 1 unspecified atom stereocenters. The minimum Gasteiger partial charge on any atom is -0.496 e. The number of carbonyl (C=O) groups excluding carboxylic acids is 1. The largest absolute Gasteiger partial charge is 0.496 e. The molecule has 0 bridgehead atoms. The van der Waals surface area contributed by atoms with Gasteiger partial charge in [-0.15, -0.1) is 0 Å². The standard InChI is InChI=1S/C13H15ClO4S/c1-18-13-3-2-11(14)6-10(13)7-12(15)9-4-5-19(16,17)8-9/h2-3,6,9H,4-5,7-8H2,1H3. The molecule has 104 valence electrons. The van der Waals surface area contributed by atoms with Crippen LogP contribution in [0.3, 0.4) is 0 Å². The number of hydrogen-bond donors (Lipinski definition) is 0. The summed E-state index contributed by atoms with van der Waals surface area (Å²) >= 11 is 5.90. The summed E-state index contributed by atoms with van der Waals surface area (Å²) < 4.78 is 27.9. The van der Waals surface area contributed by atoms with Crippen LogP contribution in [-0.4, -0.2) is 32.8 Å². The summed E-state index contributed by atoms with van der Waals surface area (Å²) in [6, 6.07) is 5.08. The molecule has 0 amide bonds. The summed E-state index contributed by atoms with van der Waals surface area (Å²) in [7, 11) is -1.51. The van der Waals surface area contributed by atoms with Crippen LogP contribution in [0.25, 0.3) is 0 Å². The summed E-state index contributed by atoms with van der Waals surface area (Å²) in [5.74, 6) is 0.207. The SMILES string of the molecule is COc1ccc(Cl)cc1CC(=O)C1CCS(=O)(=O)C1. The van der Waals surface area contributed by atoms with Crippen LogP contribution in [0.15, 0.2) is 18.2 Å². The Labute approximate surface area is 117 Å². The fourth-order valence-electron chi connectivity index (χ4n) is 2.27. The van der Waals surface area contributed by atoms with Gasteiger partial charge >= 0.3 is 0 Å². The van der Waals surface area contributed by atoms with Crippen molar-refractivity contribution in [1.29, 1.82) is 0 Å². The first-order valence-corrected chi connectivity index (χ1v) is 8.17. The minimum atomic E-state index is -3.03. The maximum absolute atomic E-state index is 12.1. The molecule has 1 fully saturated rings. The number of methoxy groups -OCH3 is 1. The van der Waals surface area contributed by atoms with Gasteiger partial charge in [0.05, 0.1) is 18.6 Å². The predicted molar refractivity (Wildman–Crippen MR) is 73.5 cm³/mol. The maximum Gasteiger partial charge on any atom is 0.151 e. The van der Waals surface area contributed by atoms with E-state index in [1.807, 2.05) is 0 Å². The quantitative estimate of drug-likeness (QED) is 0.852. The molecular formula is C13H15ClO4S. The second kappa shape index (κ2) is 5.51. The molecule has 1 atom stereocenters. The van der Waals surface area contributed by atoms with E-state index in [2.05, 4.69) is 0 Å². The number of halogens is 1. The number of ether oxygens (including phenoxy) is 1. The molecule has 6 heteroatoms. The monoisotopic (exact) mass is 302 g/mol. The van der Waals surface area contributed by atoms with Crippen molar-refractivity contribution in [1.82, 2.24) is 0 Å². The van der Waals surface area contributed by atoms with Gasteiger partial charge in [0.2, 0.25) is 0 Å². The first kappa shape index (κ1) is 14.3. The molecule has 2 rings (SSSR count). The highest BCUT2D eigenvalue weighted by atomic mass is 35.5. The summed E-state index contributed by atoms with van der Waals surface area (Å²) in [5, 5.41) is 0.530. The fraction of sp³-hybridized carbons (Fsp3) is 0.462. The molecule has 19 heavy (non-hydrogen) atoms. The molecule has 0 saturated carbocycles. The van der Waals surface area contributed by atoms with Crippen LogP contribution in [0.5, 0.6) is 5.75 Å². The van der Waals surface area contributed by atoms with Gasteiger partial charge in [0, 0.05) is 22.9 Å². The van der Waals surface area contributed by atoms with Crippen LogP contribution in [0, 0.1) is 5.92 Å². The summed E-state index contributed by atoms with van der Waals surface area (Å²) in [4.78, 5) is 12.1. The highest BCUT2D eigenvalue weighted by molar-refractivity contribution is 7.91. The number of benzene rings is 1. The van der Waals surface area contributed by atoms with Crippen molar-refractivity contribution in [2.75, 3.05) is 18.6 Å². The Morgan fingerprint density at radius 3 is 2.79 bits per heavy atom. The Hall–Kier alpha value is -1.07. The van der Waals surface area contributed by atoms with Gasteiger partial charge in [0.15, 0.2) is 9.84 Å². The highest BCUT2D eigenvalue weighted by Gasteiger charge is 2.32. The van der Waals surface area contributed by atoms with Gasteiger partial charge in [-0.05, 0) is 24.6 Å². The highest BCUT2D eigenvalue weighted by Crippen LogP contribution is 2.26. The number of sulfone groups is 1. The lowest BCUT2D eigenvalue weighted by Gasteiger charge is -2.10. The molecular weight excluding hydrogens is 288 g/mol. The van der Waals surface area contributed by atoms with Crippen LogP contribution in [0.1, 0.15) is 12.0 Å². The average molecular weight is 303 g/mol. The van der Waals surface area contributed by atoms with Crippen LogP contribution in [0.2, 0.25) is 5.02 Å². The van der Waals surface area contributed by atoms with E-state index in [0.29, 0.717) is 22.8 Å². The van der Waals surface area contributed by atoms with Gasteiger partial charge in [-0.1, -0.05) is 11.6 Å².